The highest BCUT2D eigenvalue weighted by Crippen LogP contribution is 2.24. The van der Waals surface area contributed by atoms with Gasteiger partial charge in [-0.3, -0.25) is 4.79 Å². The Balaban J connectivity index is 2.50. The van der Waals surface area contributed by atoms with Gasteiger partial charge in [0.05, 0.1) is 9.79 Å². The van der Waals surface area contributed by atoms with Gasteiger partial charge in [-0.05, 0) is 23.8 Å². The van der Waals surface area contributed by atoms with E-state index >= 15 is 0 Å². The van der Waals surface area contributed by atoms with Crippen LogP contribution < -0.4 is 0 Å². The molecule has 2 aromatic carbocycles. The smallest absolute Gasteiger partial charge is 0.206 e. The van der Waals surface area contributed by atoms with Gasteiger partial charge in [-0.15, -0.1) is 0 Å². The van der Waals surface area contributed by atoms with Crippen molar-refractivity contribution in [1.29, 1.82) is 0 Å². The molecule has 104 valence electrons. The summed E-state index contributed by atoms with van der Waals surface area (Å²) in [6.07, 6.45) is 0.0751. The minimum Gasteiger partial charge on any atom is -0.298 e. The van der Waals surface area contributed by atoms with Gasteiger partial charge in [-0.25, -0.2) is 8.42 Å². The largest absolute Gasteiger partial charge is 0.298 e. The van der Waals surface area contributed by atoms with Crippen molar-refractivity contribution in [2.45, 2.75) is 16.2 Å². The SMILES string of the molecule is O=C(CS)Cc1ccccc1S(=O)(=O)c1ccccc1. The molecule has 0 aliphatic rings. The number of hydrogen-bond donors (Lipinski definition) is 1. The Morgan fingerprint density at radius 1 is 0.950 bits per heavy atom. The Morgan fingerprint density at radius 2 is 1.55 bits per heavy atom. The first-order chi connectivity index (χ1) is 9.55. The molecule has 0 aromatic heterocycles. The molecule has 0 heterocycles. The van der Waals surface area contributed by atoms with Crippen molar-refractivity contribution >= 4 is 28.2 Å². The first-order valence-electron chi connectivity index (χ1n) is 6.06. The van der Waals surface area contributed by atoms with Crippen LogP contribution in [0.4, 0.5) is 0 Å². The predicted octanol–water partition coefficient (Wildman–Crippen LogP) is 2.56. The second-order valence-electron chi connectivity index (χ2n) is 4.30. The van der Waals surface area contributed by atoms with Gasteiger partial charge in [0.25, 0.3) is 0 Å². The fourth-order valence-corrected chi connectivity index (χ4v) is 3.53. The number of rotatable bonds is 5. The number of carbonyl (C=O) groups is 1. The van der Waals surface area contributed by atoms with Crippen LogP contribution in [0.3, 0.4) is 0 Å². The average molecular weight is 306 g/mol. The average Bonchev–Trinajstić information content (AvgIpc) is 2.48. The number of benzene rings is 2. The molecule has 2 aromatic rings. The molecule has 0 amide bonds. The number of carbonyl (C=O) groups excluding carboxylic acids is 1. The van der Waals surface area contributed by atoms with E-state index in [0.29, 0.717) is 5.56 Å². The second-order valence-corrected chi connectivity index (χ2v) is 6.53. The number of Topliss-reactive ketones (excluding diaryl/α,β-unsaturated/α-hetero) is 1. The highest BCUT2D eigenvalue weighted by molar-refractivity contribution is 7.91. The van der Waals surface area contributed by atoms with Gasteiger partial charge in [0.2, 0.25) is 9.84 Å². The van der Waals surface area contributed by atoms with Crippen molar-refractivity contribution in [1.82, 2.24) is 0 Å². The fraction of sp³-hybridized carbons (Fsp3) is 0.133. The summed E-state index contributed by atoms with van der Waals surface area (Å²) in [6, 6.07) is 14.8. The number of thiol groups is 1. The van der Waals surface area contributed by atoms with Crippen LogP contribution in [0, 0.1) is 0 Å². The van der Waals surface area contributed by atoms with E-state index in [0.717, 1.165) is 0 Å². The van der Waals surface area contributed by atoms with E-state index < -0.39 is 9.84 Å². The van der Waals surface area contributed by atoms with Crippen molar-refractivity contribution < 1.29 is 13.2 Å². The monoisotopic (exact) mass is 306 g/mol. The van der Waals surface area contributed by atoms with Crippen LogP contribution >= 0.6 is 12.6 Å². The summed E-state index contributed by atoms with van der Waals surface area (Å²) in [4.78, 5) is 11.9. The third-order valence-electron chi connectivity index (χ3n) is 2.88. The zero-order chi connectivity index (χ0) is 14.6. The molecule has 0 N–H and O–H groups in total. The topological polar surface area (TPSA) is 51.2 Å². The summed E-state index contributed by atoms with van der Waals surface area (Å²) in [5.41, 5.74) is 0.510. The maximum atomic E-state index is 12.6. The molecule has 0 unspecified atom stereocenters. The lowest BCUT2D eigenvalue weighted by Crippen LogP contribution is -2.10. The summed E-state index contributed by atoms with van der Waals surface area (Å²) < 4.78 is 25.2. The van der Waals surface area contributed by atoms with Gasteiger partial charge in [-0.1, -0.05) is 36.4 Å². The number of ketones is 1. The van der Waals surface area contributed by atoms with Crippen molar-refractivity contribution in [3.8, 4) is 0 Å². The van der Waals surface area contributed by atoms with Crippen molar-refractivity contribution in [2.24, 2.45) is 0 Å². The number of sulfone groups is 1. The maximum absolute atomic E-state index is 12.6. The van der Waals surface area contributed by atoms with E-state index in [1.165, 1.54) is 6.07 Å². The van der Waals surface area contributed by atoms with E-state index in [4.69, 9.17) is 0 Å². The second kappa shape index (κ2) is 6.24. The summed E-state index contributed by atoms with van der Waals surface area (Å²) in [6.45, 7) is 0. The molecular formula is C15H14O3S2. The van der Waals surface area contributed by atoms with Crippen LogP contribution in [0.15, 0.2) is 64.4 Å². The molecule has 0 bridgehead atoms. The predicted molar refractivity (Wildman–Crippen MR) is 80.9 cm³/mol. The van der Waals surface area contributed by atoms with E-state index in [2.05, 4.69) is 12.6 Å². The van der Waals surface area contributed by atoms with Crippen LogP contribution in [0.25, 0.3) is 0 Å². The maximum Gasteiger partial charge on any atom is 0.206 e. The van der Waals surface area contributed by atoms with Crippen molar-refractivity contribution in [3.05, 3.63) is 60.2 Å². The Hall–Kier alpha value is -1.59. The Bertz CT molecular complexity index is 707. The minimum absolute atomic E-state index is 0.0751. The van der Waals surface area contributed by atoms with E-state index in [1.807, 2.05) is 0 Å². The van der Waals surface area contributed by atoms with Gasteiger partial charge in [0, 0.05) is 12.2 Å². The van der Waals surface area contributed by atoms with Crippen molar-refractivity contribution in [2.75, 3.05) is 5.75 Å². The molecule has 0 radical (unpaired) electrons. The summed E-state index contributed by atoms with van der Waals surface area (Å²) in [5.74, 6) is -0.0104. The van der Waals surface area contributed by atoms with Crippen molar-refractivity contribution in [3.63, 3.8) is 0 Å². The molecular weight excluding hydrogens is 292 g/mol. The molecule has 2 rings (SSSR count). The standard InChI is InChI=1S/C15H14O3S2/c16-13(11-19)10-12-6-4-5-9-15(12)20(17,18)14-7-2-1-3-8-14/h1-9,19H,10-11H2. The van der Waals surface area contributed by atoms with Crippen LogP contribution in [0.1, 0.15) is 5.56 Å². The van der Waals surface area contributed by atoms with E-state index in [-0.39, 0.29) is 27.7 Å². The molecule has 5 heteroatoms. The zero-order valence-electron chi connectivity index (χ0n) is 10.7. The first-order valence-corrected chi connectivity index (χ1v) is 8.18. The molecule has 3 nitrogen and oxygen atoms in total. The molecule has 0 atom stereocenters. The highest BCUT2D eigenvalue weighted by Gasteiger charge is 2.21. The summed E-state index contributed by atoms with van der Waals surface area (Å²) in [5, 5.41) is 0. The van der Waals surface area contributed by atoms with E-state index in [1.54, 1.807) is 48.5 Å². The third-order valence-corrected chi connectivity index (χ3v) is 5.10. The summed E-state index contributed by atoms with van der Waals surface area (Å²) in [7, 11) is -3.60. The lowest BCUT2D eigenvalue weighted by atomic mass is 10.1. The zero-order valence-corrected chi connectivity index (χ0v) is 12.4. The molecule has 0 aliphatic carbocycles. The molecule has 0 saturated carbocycles. The molecule has 0 aliphatic heterocycles. The number of hydrogen-bond acceptors (Lipinski definition) is 4. The third kappa shape index (κ3) is 3.11. The molecule has 20 heavy (non-hydrogen) atoms. The molecule has 0 saturated heterocycles. The van der Waals surface area contributed by atoms with Crippen LogP contribution in [-0.4, -0.2) is 20.0 Å². The van der Waals surface area contributed by atoms with Gasteiger partial charge in [0.1, 0.15) is 5.78 Å². The lowest BCUT2D eigenvalue weighted by Gasteiger charge is -2.09. The fourth-order valence-electron chi connectivity index (χ4n) is 1.91. The van der Waals surface area contributed by atoms with Gasteiger partial charge in [-0.2, -0.15) is 12.6 Å². The first kappa shape index (κ1) is 14.8. The molecule has 0 fully saturated rings. The Morgan fingerprint density at radius 3 is 2.20 bits per heavy atom. The normalized spacial score (nSPS) is 11.2. The quantitative estimate of drug-likeness (QED) is 0.864. The Labute approximate surface area is 124 Å². The minimum atomic E-state index is -3.60. The van der Waals surface area contributed by atoms with Gasteiger partial charge >= 0.3 is 0 Å². The molecule has 0 spiro atoms. The highest BCUT2D eigenvalue weighted by atomic mass is 32.2. The lowest BCUT2D eigenvalue weighted by molar-refractivity contribution is -0.116. The van der Waals surface area contributed by atoms with Gasteiger partial charge in [0.15, 0.2) is 0 Å². The Kier molecular flexibility index (Phi) is 4.62. The van der Waals surface area contributed by atoms with Crippen LogP contribution in [0.2, 0.25) is 0 Å². The van der Waals surface area contributed by atoms with Crippen LogP contribution in [-0.2, 0) is 21.1 Å². The summed E-state index contributed by atoms with van der Waals surface area (Å²) >= 11 is 3.92. The van der Waals surface area contributed by atoms with Crippen LogP contribution in [0.5, 0.6) is 0 Å². The van der Waals surface area contributed by atoms with Gasteiger partial charge < -0.3 is 0 Å². The van der Waals surface area contributed by atoms with E-state index in [9.17, 15) is 13.2 Å².